The molecule has 1 aliphatic rings. The van der Waals surface area contributed by atoms with Crippen molar-refractivity contribution < 1.29 is 4.79 Å². The van der Waals surface area contributed by atoms with Crippen LogP contribution in [0.4, 0.5) is 11.5 Å². The Morgan fingerprint density at radius 1 is 0.967 bits per heavy atom. The van der Waals surface area contributed by atoms with Crippen LogP contribution in [0.5, 0.6) is 0 Å². The van der Waals surface area contributed by atoms with Crippen LogP contribution in [0, 0.1) is 11.3 Å². The minimum atomic E-state index is -0.0909. The summed E-state index contributed by atoms with van der Waals surface area (Å²) in [6.07, 6.45) is 3.06. The van der Waals surface area contributed by atoms with E-state index in [4.69, 9.17) is 5.26 Å². The van der Waals surface area contributed by atoms with Gasteiger partial charge >= 0.3 is 0 Å². The highest BCUT2D eigenvalue weighted by Gasteiger charge is 2.23. The van der Waals surface area contributed by atoms with Gasteiger partial charge in [-0.05, 0) is 29.8 Å². The maximum Gasteiger partial charge on any atom is 0.274 e. The van der Waals surface area contributed by atoms with Gasteiger partial charge in [0, 0.05) is 38.4 Å². The van der Waals surface area contributed by atoms with Gasteiger partial charge < -0.3 is 10.2 Å². The molecular weight excluding hydrogens is 376 g/mol. The number of carbonyl (C=O) groups is 1. The zero-order chi connectivity index (χ0) is 20.8. The summed E-state index contributed by atoms with van der Waals surface area (Å²) in [4.78, 5) is 25.5. The average Bonchev–Trinajstić information content (AvgIpc) is 2.81. The molecule has 0 radical (unpaired) electrons. The first-order valence-corrected chi connectivity index (χ1v) is 9.86. The van der Waals surface area contributed by atoms with Gasteiger partial charge in [-0.2, -0.15) is 5.26 Å². The van der Waals surface area contributed by atoms with E-state index in [1.165, 1.54) is 11.8 Å². The van der Waals surface area contributed by atoms with E-state index in [0.717, 1.165) is 25.3 Å². The summed E-state index contributed by atoms with van der Waals surface area (Å²) in [7, 11) is 0. The number of nitrogens with one attached hydrogen (secondary N) is 1. The average molecular weight is 398 g/mol. The maximum absolute atomic E-state index is 12.8. The van der Waals surface area contributed by atoms with E-state index in [2.05, 4.69) is 38.4 Å². The van der Waals surface area contributed by atoms with Crippen molar-refractivity contribution in [3.8, 4) is 6.07 Å². The standard InChI is InChI=1S/C23H22N6O/c24-14-18-6-8-20(9-7-18)27-22-16-25-21(15-26-22)23(30)29-12-10-28(11-13-29)17-19-4-2-1-3-5-19/h1-9,15-16H,10-13,17H2,(H,26,27). The zero-order valence-corrected chi connectivity index (χ0v) is 16.5. The van der Waals surface area contributed by atoms with Crippen LogP contribution in [0.15, 0.2) is 67.0 Å². The van der Waals surface area contributed by atoms with E-state index in [9.17, 15) is 4.79 Å². The molecule has 4 rings (SSSR count). The van der Waals surface area contributed by atoms with E-state index >= 15 is 0 Å². The fraction of sp³-hybridized carbons (Fsp3) is 0.217. The number of hydrogen-bond donors (Lipinski definition) is 1. The lowest BCUT2D eigenvalue weighted by molar-refractivity contribution is 0.0622. The summed E-state index contributed by atoms with van der Waals surface area (Å²) in [5.41, 5.74) is 3.03. The molecular formula is C23H22N6O. The number of anilines is 2. The lowest BCUT2D eigenvalue weighted by atomic mass is 10.2. The van der Waals surface area contributed by atoms with Crippen LogP contribution in [-0.2, 0) is 6.54 Å². The molecule has 1 aromatic heterocycles. The Labute approximate surface area is 175 Å². The van der Waals surface area contributed by atoms with Crippen LogP contribution in [0.25, 0.3) is 0 Å². The van der Waals surface area contributed by atoms with Gasteiger partial charge in [-0.25, -0.2) is 9.97 Å². The van der Waals surface area contributed by atoms with Gasteiger partial charge in [0.05, 0.1) is 24.0 Å². The maximum atomic E-state index is 12.8. The fourth-order valence-electron chi connectivity index (χ4n) is 3.39. The lowest BCUT2D eigenvalue weighted by Crippen LogP contribution is -2.48. The number of rotatable bonds is 5. The monoisotopic (exact) mass is 398 g/mol. The second-order valence-corrected chi connectivity index (χ2v) is 7.15. The predicted molar refractivity (Wildman–Crippen MR) is 114 cm³/mol. The third-order valence-corrected chi connectivity index (χ3v) is 5.07. The molecule has 1 saturated heterocycles. The van der Waals surface area contributed by atoms with E-state index in [1.807, 2.05) is 23.1 Å². The molecule has 1 N–H and O–H groups in total. The molecule has 0 spiro atoms. The summed E-state index contributed by atoms with van der Waals surface area (Å²) in [6, 6.07) is 19.5. The second kappa shape index (κ2) is 9.16. The highest BCUT2D eigenvalue weighted by atomic mass is 16.2. The van der Waals surface area contributed by atoms with Crippen LogP contribution in [0.3, 0.4) is 0 Å². The smallest absolute Gasteiger partial charge is 0.274 e. The van der Waals surface area contributed by atoms with Crippen molar-refractivity contribution in [2.45, 2.75) is 6.54 Å². The molecule has 0 saturated carbocycles. The van der Waals surface area contributed by atoms with Gasteiger partial charge in [0.2, 0.25) is 0 Å². The Hall–Kier alpha value is -3.76. The molecule has 0 bridgehead atoms. The number of benzene rings is 2. The van der Waals surface area contributed by atoms with Crippen molar-refractivity contribution in [1.29, 1.82) is 5.26 Å². The molecule has 3 aromatic rings. The van der Waals surface area contributed by atoms with Crippen LogP contribution in [0.1, 0.15) is 21.6 Å². The summed E-state index contributed by atoms with van der Waals surface area (Å²) >= 11 is 0. The van der Waals surface area contributed by atoms with Crippen LogP contribution in [0.2, 0.25) is 0 Å². The Kier molecular flexibility index (Phi) is 5.97. The first-order valence-electron chi connectivity index (χ1n) is 9.86. The summed E-state index contributed by atoms with van der Waals surface area (Å²) in [6.45, 7) is 3.94. The van der Waals surface area contributed by atoms with E-state index < -0.39 is 0 Å². The van der Waals surface area contributed by atoms with Gasteiger partial charge in [0.25, 0.3) is 5.91 Å². The minimum Gasteiger partial charge on any atom is -0.339 e. The molecule has 0 aliphatic carbocycles. The van der Waals surface area contributed by atoms with Crippen molar-refractivity contribution in [3.63, 3.8) is 0 Å². The molecule has 2 heterocycles. The molecule has 2 aromatic carbocycles. The molecule has 1 aliphatic heterocycles. The Morgan fingerprint density at radius 2 is 1.70 bits per heavy atom. The second-order valence-electron chi connectivity index (χ2n) is 7.15. The van der Waals surface area contributed by atoms with Crippen molar-refractivity contribution in [2.24, 2.45) is 0 Å². The van der Waals surface area contributed by atoms with Crippen LogP contribution < -0.4 is 5.32 Å². The quantitative estimate of drug-likeness (QED) is 0.711. The number of carbonyl (C=O) groups excluding carboxylic acids is 1. The highest BCUT2D eigenvalue weighted by Crippen LogP contribution is 2.15. The van der Waals surface area contributed by atoms with E-state index in [0.29, 0.717) is 30.2 Å². The highest BCUT2D eigenvalue weighted by molar-refractivity contribution is 5.92. The van der Waals surface area contributed by atoms with E-state index in [-0.39, 0.29) is 5.91 Å². The largest absolute Gasteiger partial charge is 0.339 e. The fourth-order valence-corrected chi connectivity index (χ4v) is 3.39. The molecule has 1 fully saturated rings. The Morgan fingerprint density at radius 3 is 2.33 bits per heavy atom. The summed E-state index contributed by atoms with van der Waals surface area (Å²) in [5.74, 6) is 0.454. The first kappa shape index (κ1) is 19.6. The molecule has 30 heavy (non-hydrogen) atoms. The molecule has 7 nitrogen and oxygen atoms in total. The first-order chi connectivity index (χ1) is 14.7. The molecule has 0 unspecified atom stereocenters. The van der Waals surface area contributed by atoms with E-state index in [1.54, 1.807) is 30.5 Å². The molecule has 0 atom stereocenters. The number of hydrogen-bond acceptors (Lipinski definition) is 6. The van der Waals surface area contributed by atoms with Crippen LogP contribution >= 0.6 is 0 Å². The number of nitrogens with zero attached hydrogens (tertiary/aromatic N) is 5. The topological polar surface area (TPSA) is 85.1 Å². The normalized spacial score (nSPS) is 14.2. The van der Waals surface area contributed by atoms with Gasteiger partial charge in [-0.1, -0.05) is 30.3 Å². The number of aromatic nitrogens is 2. The minimum absolute atomic E-state index is 0.0909. The summed E-state index contributed by atoms with van der Waals surface area (Å²) in [5, 5.41) is 12.0. The number of amides is 1. The van der Waals surface area contributed by atoms with Crippen molar-refractivity contribution >= 4 is 17.4 Å². The van der Waals surface area contributed by atoms with Crippen molar-refractivity contribution in [3.05, 3.63) is 83.8 Å². The molecule has 150 valence electrons. The Balaban J connectivity index is 1.31. The molecule has 1 amide bonds. The summed E-state index contributed by atoms with van der Waals surface area (Å²) < 4.78 is 0. The Bertz CT molecular complexity index is 1020. The third kappa shape index (κ3) is 4.80. The lowest BCUT2D eigenvalue weighted by Gasteiger charge is -2.34. The SMILES string of the molecule is N#Cc1ccc(Nc2cnc(C(=O)N3CCN(Cc4ccccc4)CC3)cn2)cc1. The predicted octanol–water partition coefficient (Wildman–Crippen LogP) is 3.05. The van der Waals surface area contributed by atoms with Gasteiger partial charge in [-0.15, -0.1) is 0 Å². The van der Waals surface area contributed by atoms with Gasteiger partial charge in [0.1, 0.15) is 11.5 Å². The zero-order valence-electron chi connectivity index (χ0n) is 16.5. The van der Waals surface area contributed by atoms with Crippen molar-refractivity contribution in [1.82, 2.24) is 19.8 Å². The van der Waals surface area contributed by atoms with Gasteiger partial charge in [-0.3, -0.25) is 9.69 Å². The van der Waals surface area contributed by atoms with Gasteiger partial charge in [0.15, 0.2) is 0 Å². The third-order valence-electron chi connectivity index (χ3n) is 5.07. The number of nitriles is 1. The molecule has 7 heteroatoms. The van der Waals surface area contributed by atoms with Crippen LogP contribution in [-0.4, -0.2) is 51.9 Å². The van der Waals surface area contributed by atoms with Crippen molar-refractivity contribution in [2.75, 3.05) is 31.5 Å². The number of piperazine rings is 1.